The van der Waals surface area contributed by atoms with E-state index in [1.54, 1.807) is 20.9 Å². The predicted octanol–water partition coefficient (Wildman–Crippen LogP) is 0.436. The van der Waals surface area contributed by atoms with Crippen molar-refractivity contribution in [1.82, 2.24) is 5.32 Å². The van der Waals surface area contributed by atoms with Gasteiger partial charge in [0.15, 0.2) is 0 Å². The monoisotopic (exact) mass is 248 g/mol. The first-order chi connectivity index (χ1) is 7.31. The summed E-state index contributed by atoms with van der Waals surface area (Å²) in [5, 5.41) is 11.3. The largest absolute Gasteiger partial charge is 0.480 e. The summed E-state index contributed by atoms with van der Waals surface area (Å²) in [6.45, 7) is 3.60. The van der Waals surface area contributed by atoms with Crippen LogP contribution in [0, 0.1) is 0 Å². The SMILES string of the molecule is CNC(=O)CCCSC(C)(C)[C@H](N)C(=O)O. The summed E-state index contributed by atoms with van der Waals surface area (Å²) in [6, 6.07) is -0.891. The molecule has 1 amide bonds. The van der Waals surface area contributed by atoms with Crippen LogP contribution in [0.3, 0.4) is 0 Å². The molecule has 0 aliphatic rings. The van der Waals surface area contributed by atoms with Gasteiger partial charge in [0.05, 0.1) is 0 Å². The van der Waals surface area contributed by atoms with E-state index in [0.717, 1.165) is 12.2 Å². The van der Waals surface area contributed by atoms with Crippen molar-refractivity contribution in [2.24, 2.45) is 5.73 Å². The van der Waals surface area contributed by atoms with Crippen LogP contribution < -0.4 is 11.1 Å². The fraction of sp³-hybridized carbons (Fsp3) is 0.800. The quantitative estimate of drug-likeness (QED) is 0.568. The fourth-order valence-corrected chi connectivity index (χ4v) is 2.18. The normalized spacial score (nSPS) is 13.2. The Bertz CT molecular complexity index is 256. The number of thioether (sulfide) groups is 1. The number of carbonyl (C=O) groups excluding carboxylic acids is 1. The molecule has 0 bridgehead atoms. The second-order valence-corrected chi connectivity index (χ2v) is 5.79. The van der Waals surface area contributed by atoms with E-state index in [1.165, 1.54) is 11.8 Å². The lowest BCUT2D eigenvalue weighted by molar-refractivity contribution is -0.139. The average Bonchev–Trinajstić information content (AvgIpc) is 2.22. The van der Waals surface area contributed by atoms with Gasteiger partial charge in [-0.1, -0.05) is 0 Å². The third kappa shape index (κ3) is 5.37. The summed E-state index contributed by atoms with van der Waals surface area (Å²) >= 11 is 1.48. The zero-order valence-electron chi connectivity index (χ0n) is 9.95. The molecule has 16 heavy (non-hydrogen) atoms. The van der Waals surface area contributed by atoms with Gasteiger partial charge in [0.2, 0.25) is 5.91 Å². The number of rotatable bonds is 7. The Morgan fingerprint density at radius 2 is 2.06 bits per heavy atom. The molecule has 0 fully saturated rings. The molecule has 1 atom stereocenters. The van der Waals surface area contributed by atoms with E-state index in [1.807, 2.05) is 0 Å². The molecule has 0 unspecified atom stereocenters. The molecule has 0 aromatic rings. The third-order valence-corrected chi connectivity index (χ3v) is 3.81. The maximum Gasteiger partial charge on any atom is 0.321 e. The van der Waals surface area contributed by atoms with Gasteiger partial charge in [-0.25, -0.2) is 0 Å². The fourth-order valence-electron chi connectivity index (χ4n) is 1.08. The molecule has 0 aliphatic heterocycles. The van der Waals surface area contributed by atoms with Gasteiger partial charge < -0.3 is 16.2 Å². The molecule has 6 heteroatoms. The van der Waals surface area contributed by atoms with Crippen LogP contribution in [0.15, 0.2) is 0 Å². The maximum atomic E-state index is 10.9. The number of aliphatic carboxylic acids is 1. The second kappa shape index (κ2) is 6.75. The Balaban J connectivity index is 3.91. The highest BCUT2D eigenvalue weighted by Crippen LogP contribution is 2.28. The van der Waals surface area contributed by atoms with Crippen LogP contribution in [0.2, 0.25) is 0 Å². The molecule has 0 rings (SSSR count). The topological polar surface area (TPSA) is 92.4 Å². The number of carbonyl (C=O) groups is 2. The molecule has 94 valence electrons. The van der Waals surface area contributed by atoms with Crippen LogP contribution in [0.4, 0.5) is 0 Å². The van der Waals surface area contributed by atoms with Crippen LogP contribution in [-0.2, 0) is 9.59 Å². The van der Waals surface area contributed by atoms with Crippen molar-refractivity contribution in [2.45, 2.75) is 37.5 Å². The predicted molar refractivity (Wildman–Crippen MR) is 65.4 cm³/mol. The first kappa shape index (κ1) is 15.2. The number of nitrogens with one attached hydrogen (secondary N) is 1. The first-order valence-corrected chi connectivity index (χ1v) is 6.12. The van der Waals surface area contributed by atoms with E-state index >= 15 is 0 Å². The second-order valence-electron chi connectivity index (χ2n) is 4.04. The standard InChI is InChI=1S/C10H20N2O3S/c1-10(2,8(11)9(14)15)16-6-4-5-7(13)12-3/h8H,4-6,11H2,1-3H3,(H,12,13)(H,14,15)/t8-/m1/s1. The Morgan fingerprint density at radius 3 is 2.50 bits per heavy atom. The van der Waals surface area contributed by atoms with Crippen LogP contribution in [0.25, 0.3) is 0 Å². The molecule has 0 aromatic carbocycles. The Kier molecular flexibility index (Phi) is 6.43. The Labute approximate surface area is 100 Å². The number of hydrogen-bond acceptors (Lipinski definition) is 4. The molecule has 4 N–H and O–H groups in total. The van der Waals surface area contributed by atoms with Crippen molar-refractivity contribution in [2.75, 3.05) is 12.8 Å². The van der Waals surface area contributed by atoms with Gasteiger partial charge in [0.1, 0.15) is 6.04 Å². The van der Waals surface area contributed by atoms with Gasteiger partial charge in [0, 0.05) is 18.2 Å². The zero-order valence-corrected chi connectivity index (χ0v) is 10.8. The summed E-state index contributed by atoms with van der Waals surface area (Å²) in [5.74, 6) is -0.272. The lowest BCUT2D eigenvalue weighted by Crippen LogP contribution is -2.46. The number of hydrogen-bond donors (Lipinski definition) is 3. The molecular formula is C10H20N2O3S. The van der Waals surface area contributed by atoms with Gasteiger partial charge in [0.25, 0.3) is 0 Å². The van der Waals surface area contributed by atoms with Gasteiger partial charge in [-0.3, -0.25) is 9.59 Å². The van der Waals surface area contributed by atoms with Crippen molar-refractivity contribution in [3.63, 3.8) is 0 Å². The molecule has 0 heterocycles. The van der Waals surface area contributed by atoms with Gasteiger partial charge in [-0.15, -0.1) is 0 Å². The summed E-state index contributed by atoms with van der Waals surface area (Å²) in [6.07, 6.45) is 1.18. The highest BCUT2D eigenvalue weighted by molar-refractivity contribution is 8.00. The highest BCUT2D eigenvalue weighted by atomic mass is 32.2. The van der Waals surface area contributed by atoms with Crippen LogP contribution >= 0.6 is 11.8 Å². The first-order valence-electron chi connectivity index (χ1n) is 5.14. The summed E-state index contributed by atoms with van der Waals surface area (Å²) < 4.78 is -0.519. The minimum atomic E-state index is -0.996. The summed E-state index contributed by atoms with van der Waals surface area (Å²) in [5.41, 5.74) is 5.56. The minimum absolute atomic E-state index is 0.000870. The smallest absolute Gasteiger partial charge is 0.321 e. The van der Waals surface area contributed by atoms with E-state index in [-0.39, 0.29) is 5.91 Å². The van der Waals surface area contributed by atoms with Crippen molar-refractivity contribution in [1.29, 1.82) is 0 Å². The van der Waals surface area contributed by atoms with Gasteiger partial charge in [-0.05, 0) is 26.0 Å². The summed E-state index contributed by atoms with van der Waals surface area (Å²) in [4.78, 5) is 21.7. The Hall–Kier alpha value is -0.750. The molecule has 0 saturated heterocycles. The summed E-state index contributed by atoms with van der Waals surface area (Å²) in [7, 11) is 1.60. The lowest BCUT2D eigenvalue weighted by Gasteiger charge is -2.27. The number of amides is 1. The average molecular weight is 248 g/mol. The van der Waals surface area contributed by atoms with Gasteiger partial charge in [-0.2, -0.15) is 11.8 Å². The number of nitrogens with two attached hydrogens (primary N) is 1. The third-order valence-electron chi connectivity index (χ3n) is 2.32. The van der Waals surface area contributed by atoms with Crippen LogP contribution in [0.5, 0.6) is 0 Å². The van der Waals surface area contributed by atoms with E-state index in [2.05, 4.69) is 5.32 Å². The zero-order chi connectivity index (χ0) is 12.8. The van der Waals surface area contributed by atoms with Crippen LogP contribution in [-0.4, -0.2) is 40.6 Å². The molecule has 0 spiro atoms. The maximum absolute atomic E-state index is 10.9. The number of carboxylic acids is 1. The molecule has 0 radical (unpaired) electrons. The van der Waals surface area contributed by atoms with Crippen molar-refractivity contribution < 1.29 is 14.7 Å². The molecule has 0 saturated carbocycles. The van der Waals surface area contributed by atoms with Crippen molar-refractivity contribution >= 4 is 23.6 Å². The van der Waals surface area contributed by atoms with Crippen molar-refractivity contribution in [3.05, 3.63) is 0 Å². The lowest BCUT2D eigenvalue weighted by atomic mass is 10.1. The van der Waals surface area contributed by atoms with Crippen molar-refractivity contribution in [3.8, 4) is 0 Å². The van der Waals surface area contributed by atoms with Gasteiger partial charge >= 0.3 is 5.97 Å². The molecule has 0 aromatic heterocycles. The highest BCUT2D eigenvalue weighted by Gasteiger charge is 2.32. The molecule has 5 nitrogen and oxygen atoms in total. The van der Waals surface area contributed by atoms with E-state index in [4.69, 9.17) is 10.8 Å². The number of carboxylic acid groups (broad SMARTS) is 1. The van der Waals surface area contributed by atoms with E-state index < -0.39 is 16.8 Å². The Morgan fingerprint density at radius 1 is 1.50 bits per heavy atom. The molecule has 0 aliphatic carbocycles. The molecular weight excluding hydrogens is 228 g/mol. The minimum Gasteiger partial charge on any atom is -0.480 e. The van der Waals surface area contributed by atoms with E-state index in [0.29, 0.717) is 6.42 Å². The van der Waals surface area contributed by atoms with Crippen LogP contribution in [0.1, 0.15) is 26.7 Å². The van der Waals surface area contributed by atoms with E-state index in [9.17, 15) is 9.59 Å².